The van der Waals surface area contributed by atoms with Crippen LogP contribution in [0.5, 0.6) is 0 Å². The Morgan fingerprint density at radius 1 is 1.19 bits per heavy atom. The molecule has 1 aliphatic rings. The van der Waals surface area contributed by atoms with Crippen LogP contribution in [0.15, 0.2) is 33.7 Å². The SMILES string of the molecule is O=C(c1ocnc1C(F)(F)F)N1CCc2[nH]cnc2[C@H]1c1nc2c(F)ccc(F)c2o1. The van der Waals surface area contributed by atoms with Crippen LogP contribution in [-0.4, -0.2) is 37.3 Å². The highest BCUT2D eigenvalue weighted by atomic mass is 19.4. The number of alkyl halides is 3. The van der Waals surface area contributed by atoms with Crippen molar-refractivity contribution in [2.75, 3.05) is 6.54 Å². The van der Waals surface area contributed by atoms with E-state index in [1.807, 2.05) is 0 Å². The van der Waals surface area contributed by atoms with E-state index in [0.717, 1.165) is 17.0 Å². The van der Waals surface area contributed by atoms with Gasteiger partial charge in [-0.3, -0.25) is 4.79 Å². The Kier molecular flexibility index (Phi) is 4.10. The molecule has 1 aromatic carbocycles. The number of fused-ring (bicyclic) bond motifs is 2. The van der Waals surface area contributed by atoms with E-state index >= 15 is 0 Å². The van der Waals surface area contributed by atoms with Gasteiger partial charge in [0.25, 0.3) is 5.91 Å². The molecule has 0 fully saturated rings. The summed E-state index contributed by atoms with van der Waals surface area (Å²) in [6.07, 6.45) is -2.86. The lowest BCUT2D eigenvalue weighted by Crippen LogP contribution is -2.41. The zero-order valence-electron chi connectivity index (χ0n) is 15.2. The van der Waals surface area contributed by atoms with Crippen LogP contribution in [0, 0.1) is 11.6 Å². The summed E-state index contributed by atoms with van der Waals surface area (Å²) < 4.78 is 78.0. The van der Waals surface area contributed by atoms with Gasteiger partial charge < -0.3 is 18.7 Å². The van der Waals surface area contributed by atoms with Crippen molar-refractivity contribution in [1.82, 2.24) is 24.8 Å². The fourth-order valence-corrected chi connectivity index (χ4v) is 3.55. The summed E-state index contributed by atoms with van der Waals surface area (Å²) in [6.45, 7) is -0.0691. The zero-order valence-corrected chi connectivity index (χ0v) is 15.2. The number of hydrogen-bond acceptors (Lipinski definition) is 6. The maximum Gasteiger partial charge on any atom is 0.437 e. The van der Waals surface area contributed by atoms with E-state index in [2.05, 4.69) is 19.9 Å². The summed E-state index contributed by atoms with van der Waals surface area (Å²) in [6, 6.07) is 0.457. The molecule has 8 nitrogen and oxygen atoms in total. The van der Waals surface area contributed by atoms with Gasteiger partial charge in [0.2, 0.25) is 11.7 Å². The van der Waals surface area contributed by atoms with Crippen molar-refractivity contribution in [3.05, 3.63) is 65.2 Å². The second-order valence-corrected chi connectivity index (χ2v) is 6.70. The third-order valence-electron chi connectivity index (χ3n) is 4.91. The molecule has 0 bridgehead atoms. The van der Waals surface area contributed by atoms with E-state index in [-0.39, 0.29) is 24.6 Å². The number of imidazole rings is 1. The first-order valence-electron chi connectivity index (χ1n) is 8.84. The van der Waals surface area contributed by atoms with Crippen LogP contribution in [0.3, 0.4) is 0 Å². The molecule has 0 spiro atoms. The number of aromatic nitrogens is 4. The maximum absolute atomic E-state index is 14.1. The van der Waals surface area contributed by atoms with Gasteiger partial charge >= 0.3 is 6.18 Å². The minimum atomic E-state index is -4.93. The van der Waals surface area contributed by atoms with Crippen LogP contribution in [0.25, 0.3) is 11.1 Å². The molecule has 0 unspecified atom stereocenters. The molecule has 160 valence electrons. The van der Waals surface area contributed by atoms with Crippen molar-refractivity contribution < 1.29 is 35.6 Å². The summed E-state index contributed by atoms with van der Waals surface area (Å²) in [5, 5.41) is 0. The van der Waals surface area contributed by atoms with Crippen LogP contribution in [0.2, 0.25) is 0 Å². The third kappa shape index (κ3) is 2.95. The molecule has 0 aliphatic carbocycles. The second-order valence-electron chi connectivity index (χ2n) is 6.70. The number of H-pyrrole nitrogens is 1. The molecule has 1 atom stereocenters. The number of aromatic amines is 1. The van der Waals surface area contributed by atoms with E-state index in [1.165, 1.54) is 6.33 Å². The van der Waals surface area contributed by atoms with Crippen molar-refractivity contribution in [3.8, 4) is 0 Å². The van der Waals surface area contributed by atoms with E-state index in [4.69, 9.17) is 8.83 Å². The Morgan fingerprint density at radius 3 is 2.71 bits per heavy atom. The van der Waals surface area contributed by atoms with Gasteiger partial charge in [-0.2, -0.15) is 13.2 Å². The highest BCUT2D eigenvalue weighted by Gasteiger charge is 2.44. The second kappa shape index (κ2) is 6.62. The van der Waals surface area contributed by atoms with Gasteiger partial charge in [-0.15, -0.1) is 0 Å². The molecule has 4 aromatic rings. The van der Waals surface area contributed by atoms with Gasteiger partial charge in [-0.05, 0) is 12.1 Å². The van der Waals surface area contributed by atoms with Gasteiger partial charge in [0.1, 0.15) is 5.52 Å². The number of benzene rings is 1. The predicted molar refractivity (Wildman–Crippen MR) is 90.6 cm³/mol. The number of rotatable bonds is 2. The molecule has 5 rings (SSSR count). The standard InChI is InChI=1S/C18H10F5N5O3/c19-7-1-2-8(20)13-10(7)27-16(31-13)12-11-9(24-5-25-11)3-4-28(12)17(29)14-15(18(21,22)23)26-6-30-14/h1-2,5-6,12H,3-4H2,(H,24,25)/t12-/m0/s1. The van der Waals surface area contributed by atoms with Crippen molar-refractivity contribution in [2.45, 2.75) is 18.6 Å². The first-order chi connectivity index (χ1) is 14.8. The average molecular weight is 439 g/mol. The molecule has 31 heavy (non-hydrogen) atoms. The maximum atomic E-state index is 14.1. The van der Waals surface area contributed by atoms with E-state index in [9.17, 15) is 26.7 Å². The summed E-state index contributed by atoms with van der Waals surface area (Å²) in [5.74, 6) is -4.23. The highest BCUT2D eigenvalue weighted by molar-refractivity contribution is 5.93. The van der Waals surface area contributed by atoms with Gasteiger partial charge in [0.15, 0.2) is 35.3 Å². The fourth-order valence-electron chi connectivity index (χ4n) is 3.55. The molecule has 4 heterocycles. The number of carbonyl (C=O) groups is 1. The van der Waals surface area contributed by atoms with E-state index in [0.29, 0.717) is 12.1 Å². The Hall–Kier alpha value is -3.77. The molecule has 0 radical (unpaired) electrons. The number of hydrogen-bond donors (Lipinski definition) is 1. The molecule has 0 saturated heterocycles. The predicted octanol–water partition coefficient (Wildman–Crippen LogP) is 3.62. The molecule has 1 amide bonds. The van der Waals surface area contributed by atoms with Gasteiger partial charge in [-0.25, -0.2) is 23.7 Å². The minimum Gasteiger partial charge on any atom is -0.438 e. The van der Waals surface area contributed by atoms with Crippen LogP contribution >= 0.6 is 0 Å². The number of carbonyl (C=O) groups excluding carboxylic acids is 1. The monoisotopic (exact) mass is 439 g/mol. The average Bonchev–Trinajstić information content (AvgIpc) is 3.47. The smallest absolute Gasteiger partial charge is 0.437 e. The normalized spacial score (nSPS) is 16.7. The minimum absolute atomic E-state index is 0.0691. The summed E-state index contributed by atoms with van der Waals surface area (Å²) in [4.78, 5) is 28.0. The molecule has 0 saturated carbocycles. The van der Waals surface area contributed by atoms with Gasteiger partial charge in [0.05, 0.1) is 12.0 Å². The Balaban J connectivity index is 1.65. The third-order valence-corrected chi connectivity index (χ3v) is 4.91. The topological polar surface area (TPSA) is 101 Å². The van der Waals surface area contributed by atoms with Crippen molar-refractivity contribution in [2.24, 2.45) is 0 Å². The Labute approximate surface area is 168 Å². The molecular formula is C18H10F5N5O3. The number of nitrogens with one attached hydrogen (secondary N) is 1. The number of nitrogens with zero attached hydrogens (tertiary/aromatic N) is 4. The van der Waals surface area contributed by atoms with Crippen LogP contribution in [-0.2, 0) is 12.6 Å². The summed E-state index contributed by atoms with van der Waals surface area (Å²) in [5.41, 5.74) is -1.59. The Morgan fingerprint density at radius 2 is 1.97 bits per heavy atom. The lowest BCUT2D eigenvalue weighted by atomic mass is 10.0. The lowest BCUT2D eigenvalue weighted by Gasteiger charge is -2.32. The number of amides is 1. The number of oxazole rings is 2. The van der Waals surface area contributed by atoms with E-state index < -0.39 is 52.3 Å². The van der Waals surface area contributed by atoms with Gasteiger partial charge in [-0.1, -0.05) is 0 Å². The molecule has 13 heteroatoms. The zero-order chi connectivity index (χ0) is 21.9. The van der Waals surface area contributed by atoms with Crippen molar-refractivity contribution in [1.29, 1.82) is 0 Å². The quantitative estimate of drug-likeness (QED) is 0.479. The van der Waals surface area contributed by atoms with E-state index in [1.54, 1.807) is 0 Å². The lowest BCUT2D eigenvalue weighted by molar-refractivity contribution is -0.141. The van der Waals surface area contributed by atoms with Crippen molar-refractivity contribution >= 4 is 17.0 Å². The first-order valence-corrected chi connectivity index (χ1v) is 8.84. The number of halogens is 5. The van der Waals surface area contributed by atoms with Crippen LogP contribution < -0.4 is 0 Å². The summed E-state index contributed by atoms with van der Waals surface area (Å²) in [7, 11) is 0. The molecular weight excluding hydrogens is 429 g/mol. The van der Waals surface area contributed by atoms with Crippen LogP contribution in [0.4, 0.5) is 22.0 Å². The molecule has 1 N–H and O–H groups in total. The fraction of sp³-hybridized carbons (Fsp3) is 0.222. The summed E-state index contributed by atoms with van der Waals surface area (Å²) >= 11 is 0. The molecule has 1 aliphatic heterocycles. The van der Waals surface area contributed by atoms with Gasteiger partial charge in [0, 0.05) is 18.7 Å². The van der Waals surface area contributed by atoms with Crippen LogP contribution in [0.1, 0.15) is 39.6 Å². The first kappa shape index (κ1) is 19.2. The van der Waals surface area contributed by atoms with Crippen molar-refractivity contribution in [3.63, 3.8) is 0 Å². The molecule has 3 aromatic heterocycles. The largest absolute Gasteiger partial charge is 0.438 e. The Bertz CT molecular complexity index is 1270. The highest BCUT2D eigenvalue weighted by Crippen LogP contribution is 2.38.